The van der Waals surface area contributed by atoms with Crippen LogP contribution in [0, 0.1) is 0 Å². The maximum Gasteiger partial charge on any atom is 0.337 e. The lowest BCUT2D eigenvalue weighted by Crippen LogP contribution is -2.19. The van der Waals surface area contributed by atoms with Gasteiger partial charge in [0.2, 0.25) is 0 Å². The molecule has 8 heteroatoms. The highest BCUT2D eigenvalue weighted by Crippen LogP contribution is 2.31. The van der Waals surface area contributed by atoms with Gasteiger partial charge in [-0.25, -0.2) is 4.79 Å². The van der Waals surface area contributed by atoms with E-state index in [1.54, 1.807) is 12.1 Å². The fraction of sp³-hybridized carbons (Fsp3) is 0.222. The molecule has 7 nitrogen and oxygen atoms in total. The minimum atomic E-state index is -1.03. The molecule has 2 aromatic heterocycles. The highest BCUT2D eigenvalue weighted by molar-refractivity contribution is 7.80. The number of anilines is 1. The molecule has 0 saturated heterocycles. The Kier molecular flexibility index (Phi) is 4.37. The number of carboxylic acid groups (broad SMARTS) is 1. The number of rotatable bonds is 3. The number of carboxylic acids is 1. The number of hydrogen-bond acceptors (Lipinski definition) is 4. The van der Waals surface area contributed by atoms with Crippen molar-refractivity contribution in [1.82, 2.24) is 15.2 Å². The molecule has 1 aromatic carbocycles. The summed E-state index contributed by atoms with van der Waals surface area (Å²) in [6.07, 6.45) is 0. The molecule has 0 aliphatic heterocycles. The minimum Gasteiger partial charge on any atom is -0.478 e. The standard InChI is InChI=1S/C18H19N5O2S/c1-18(2,3)13-7-5-10(16(24)25)14(20-13)9-4-6-12-11(8-9)15(23-22-12)21-17(19)26/h4-8H,1-3H3,(H,24,25)(H4,19,21,22,23,26). The molecule has 3 rings (SSSR count). The lowest BCUT2D eigenvalue weighted by molar-refractivity contribution is 0.0697. The molecule has 0 fully saturated rings. The Labute approximate surface area is 155 Å². The number of aromatic amines is 1. The van der Waals surface area contributed by atoms with Crippen LogP contribution in [0.1, 0.15) is 36.8 Å². The van der Waals surface area contributed by atoms with Gasteiger partial charge in [0.1, 0.15) is 0 Å². The Morgan fingerprint density at radius 1 is 1.27 bits per heavy atom. The van der Waals surface area contributed by atoms with E-state index in [2.05, 4.69) is 20.5 Å². The lowest BCUT2D eigenvalue weighted by atomic mass is 9.90. The molecule has 5 N–H and O–H groups in total. The zero-order chi connectivity index (χ0) is 19.1. The van der Waals surface area contributed by atoms with E-state index in [0.717, 1.165) is 16.6 Å². The average Bonchev–Trinajstić information content (AvgIpc) is 2.95. The molecule has 0 atom stereocenters. The fourth-order valence-electron chi connectivity index (χ4n) is 2.64. The highest BCUT2D eigenvalue weighted by Gasteiger charge is 2.21. The van der Waals surface area contributed by atoms with Gasteiger partial charge in [-0.1, -0.05) is 26.8 Å². The summed E-state index contributed by atoms with van der Waals surface area (Å²) < 4.78 is 0. The van der Waals surface area contributed by atoms with E-state index in [-0.39, 0.29) is 16.1 Å². The van der Waals surface area contributed by atoms with Crippen LogP contribution in [0.5, 0.6) is 0 Å². The van der Waals surface area contributed by atoms with Crippen molar-refractivity contribution in [2.24, 2.45) is 5.73 Å². The summed E-state index contributed by atoms with van der Waals surface area (Å²) in [7, 11) is 0. The Balaban J connectivity index is 2.21. The van der Waals surface area contributed by atoms with Crippen molar-refractivity contribution < 1.29 is 9.90 Å². The number of fused-ring (bicyclic) bond motifs is 1. The first-order chi connectivity index (χ1) is 12.2. The van der Waals surface area contributed by atoms with Gasteiger partial charge in [0.05, 0.1) is 16.8 Å². The molecule has 0 bridgehead atoms. The predicted octanol–water partition coefficient (Wildman–Crippen LogP) is 3.28. The molecule has 0 radical (unpaired) electrons. The largest absolute Gasteiger partial charge is 0.478 e. The van der Waals surface area contributed by atoms with Crippen molar-refractivity contribution in [2.75, 3.05) is 5.32 Å². The van der Waals surface area contributed by atoms with E-state index in [9.17, 15) is 9.90 Å². The summed E-state index contributed by atoms with van der Waals surface area (Å²) in [5, 5.41) is 20.2. The van der Waals surface area contributed by atoms with E-state index in [0.29, 0.717) is 17.1 Å². The van der Waals surface area contributed by atoms with Crippen molar-refractivity contribution in [1.29, 1.82) is 0 Å². The molecule has 26 heavy (non-hydrogen) atoms. The number of thiocarbonyl (C=S) groups is 1. The number of carbonyl (C=O) groups is 1. The molecule has 2 heterocycles. The third-order valence-corrected chi connectivity index (χ3v) is 4.07. The number of nitrogens with one attached hydrogen (secondary N) is 2. The van der Waals surface area contributed by atoms with E-state index >= 15 is 0 Å². The first-order valence-electron chi connectivity index (χ1n) is 7.96. The number of nitrogens with zero attached hydrogens (tertiary/aromatic N) is 2. The minimum absolute atomic E-state index is 0.0999. The topological polar surface area (TPSA) is 117 Å². The maximum absolute atomic E-state index is 11.7. The van der Waals surface area contributed by atoms with Crippen molar-refractivity contribution in [3.05, 3.63) is 41.6 Å². The van der Waals surface area contributed by atoms with Gasteiger partial charge in [0.25, 0.3) is 0 Å². The van der Waals surface area contributed by atoms with Crippen LogP contribution in [0.15, 0.2) is 30.3 Å². The average molecular weight is 369 g/mol. The Bertz CT molecular complexity index is 1020. The molecule has 0 saturated carbocycles. The third kappa shape index (κ3) is 3.36. The molecule has 3 aromatic rings. The van der Waals surface area contributed by atoms with Crippen molar-refractivity contribution in [3.8, 4) is 11.3 Å². The Hall–Kier alpha value is -3.00. The summed E-state index contributed by atoms with van der Waals surface area (Å²) in [5.74, 6) is -0.542. The van der Waals surface area contributed by atoms with E-state index in [1.165, 1.54) is 0 Å². The second-order valence-electron chi connectivity index (χ2n) is 6.97. The summed E-state index contributed by atoms with van der Waals surface area (Å²) in [6, 6.07) is 8.80. The van der Waals surface area contributed by atoms with Gasteiger partial charge in [0, 0.05) is 22.1 Å². The quantitative estimate of drug-likeness (QED) is 0.523. The molecular weight excluding hydrogens is 350 g/mol. The van der Waals surface area contributed by atoms with Crippen LogP contribution in [0.4, 0.5) is 5.82 Å². The number of aromatic nitrogens is 3. The third-order valence-electron chi connectivity index (χ3n) is 3.97. The van der Waals surface area contributed by atoms with E-state index in [4.69, 9.17) is 18.0 Å². The van der Waals surface area contributed by atoms with Gasteiger partial charge in [0.15, 0.2) is 10.9 Å². The number of pyridine rings is 1. The van der Waals surface area contributed by atoms with Crippen molar-refractivity contribution >= 4 is 40.0 Å². The predicted molar refractivity (Wildman–Crippen MR) is 105 cm³/mol. The Morgan fingerprint density at radius 3 is 2.62 bits per heavy atom. The monoisotopic (exact) mass is 369 g/mol. The van der Waals surface area contributed by atoms with Crippen LogP contribution in [-0.4, -0.2) is 31.4 Å². The summed E-state index contributed by atoms with van der Waals surface area (Å²) in [6.45, 7) is 6.09. The number of benzene rings is 1. The second kappa shape index (κ2) is 6.38. The van der Waals surface area contributed by atoms with Gasteiger partial charge in [-0.3, -0.25) is 10.1 Å². The smallest absolute Gasteiger partial charge is 0.337 e. The SMILES string of the molecule is CC(C)(C)c1ccc(C(=O)O)c(-c2ccc3[nH]nc(NC(N)=S)c3c2)n1. The maximum atomic E-state index is 11.7. The zero-order valence-electron chi connectivity index (χ0n) is 14.6. The molecule has 0 aliphatic rings. The van der Waals surface area contributed by atoms with Crippen molar-refractivity contribution in [2.45, 2.75) is 26.2 Å². The number of nitrogens with two attached hydrogens (primary N) is 1. The summed E-state index contributed by atoms with van der Waals surface area (Å²) in [4.78, 5) is 16.3. The van der Waals surface area contributed by atoms with Gasteiger partial charge < -0.3 is 16.2 Å². The molecule has 0 amide bonds. The van der Waals surface area contributed by atoms with Crippen molar-refractivity contribution in [3.63, 3.8) is 0 Å². The number of H-pyrrole nitrogens is 1. The normalized spacial score (nSPS) is 11.5. The highest BCUT2D eigenvalue weighted by atomic mass is 32.1. The molecule has 134 valence electrons. The second-order valence-corrected chi connectivity index (χ2v) is 7.41. The van der Waals surface area contributed by atoms with Crippen LogP contribution >= 0.6 is 12.2 Å². The Morgan fingerprint density at radius 2 is 2.00 bits per heavy atom. The van der Waals surface area contributed by atoms with Gasteiger partial charge >= 0.3 is 5.97 Å². The van der Waals surface area contributed by atoms with E-state index < -0.39 is 5.97 Å². The van der Waals surface area contributed by atoms with Gasteiger partial charge in [-0.15, -0.1) is 0 Å². The van der Waals surface area contributed by atoms with Crippen LogP contribution in [-0.2, 0) is 5.41 Å². The molecule has 0 spiro atoms. The number of hydrogen-bond donors (Lipinski definition) is 4. The fourth-order valence-corrected chi connectivity index (χ4v) is 2.74. The van der Waals surface area contributed by atoms with Gasteiger partial charge in [-0.2, -0.15) is 5.10 Å². The van der Waals surface area contributed by atoms with E-state index in [1.807, 2.05) is 39.0 Å². The van der Waals surface area contributed by atoms with Crippen LogP contribution < -0.4 is 11.1 Å². The zero-order valence-corrected chi connectivity index (χ0v) is 15.4. The first kappa shape index (κ1) is 17.8. The van der Waals surface area contributed by atoms with Gasteiger partial charge in [-0.05, 0) is 36.5 Å². The van der Waals surface area contributed by atoms with Crippen LogP contribution in [0.25, 0.3) is 22.2 Å². The van der Waals surface area contributed by atoms with Crippen LogP contribution in [0.2, 0.25) is 0 Å². The first-order valence-corrected chi connectivity index (χ1v) is 8.37. The molecular formula is C18H19N5O2S. The lowest BCUT2D eigenvalue weighted by Gasteiger charge is -2.19. The van der Waals surface area contributed by atoms with Crippen LogP contribution in [0.3, 0.4) is 0 Å². The molecule has 0 unspecified atom stereocenters. The molecule has 0 aliphatic carbocycles. The summed E-state index contributed by atoms with van der Waals surface area (Å²) in [5.41, 5.74) is 8.14. The number of aromatic carboxylic acids is 1. The summed E-state index contributed by atoms with van der Waals surface area (Å²) >= 11 is 4.87.